The van der Waals surface area contributed by atoms with Gasteiger partial charge in [-0.2, -0.15) is 0 Å². The smallest absolute Gasteiger partial charge is 0.173 e. The third kappa shape index (κ3) is 4.22. The van der Waals surface area contributed by atoms with Crippen molar-refractivity contribution in [3.63, 3.8) is 0 Å². The zero-order chi connectivity index (χ0) is 11.3. The number of thiophene rings is 1. The Morgan fingerprint density at radius 3 is 2.60 bits per heavy atom. The quantitative estimate of drug-likeness (QED) is 0.806. The lowest BCUT2D eigenvalue weighted by molar-refractivity contribution is 0.393. The fourth-order valence-corrected chi connectivity index (χ4v) is 2.01. The van der Waals surface area contributed by atoms with E-state index in [-0.39, 0.29) is 0 Å². The second kappa shape index (κ2) is 6.13. The lowest BCUT2D eigenvalue weighted by atomic mass is 9.98. The summed E-state index contributed by atoms with van der Waals surface area (Å²) >= 11 is 1.71. The average Bonchev–Trinajstić information content (AvgIpc) is 2.65. The number of rotatable bonds is 6. The number of methoxy groups -OCH3 is 1. The van der Waals surface area contributed by atoms with E-state index in [4.69, 9.17) is 4.74 Å². The Morgan fingerprint density at radius 1 is 1.33 bits per heavy atom. The Labute approximate surface area is 96.7 Å². The topological polar surface area (TPSA) is 21.3 Å². The van der Waals surface area contributed by atoms with Gasteiger partial charge in [-0.3, -0.25) is 0 Å². The zero-order valence-electron chi connectivity index (χ0n) is 10.0. The first-order chi connectivity index (χ1) is 7.13. The minimum atomic E-state index is 0.729. The van der Waals surface area contributed by atoms with Crippen molar-refractivity contribution in [3.05, 3.63) is 17.0 Å². The molecule has 1 heterocycles. The van der Waals surface area contributed by atoms with E-state index < -0.39 is 0 Å². The molecule has 0 aromatic carbocycles. The fraction of sp³-hybridized carbons (Fsp3) is 0.667. The van der Waals surface area contributed by atoms with Gasteiger partial charge in [0.25, 0.3) is 0 Å². The van der Waals surface area contributed by atoms with Gasteiger partial charge in [0.1, 0.15) is 0 Å². The van der Waals surface area contributed by atoms with Crippen LogP contribution in [0.1, 0.15) is 25.6 Å². The predicted molar refractivity (Wildman–Crippen MR) is 66.6 cm³/mol. The summed E-state index contributed by atoms with van der Waals surface area (Å²) < 4.78 is 5.15. The van der Waals surface area contributed by atoms with Crippen LogP contribution in [0.15, 0.2) is 12.1 Å². The highest BCUT2D eigenvalue weighted by Gasteiger charge is 2.06. The van der Waals surface area contributed by atoms with Crippen molar-refractivity contribution in [3.8, 4) is 5.06 Å². The van der Waals surface area contributed by atoms with Crippen molar-refractivity contribution < 1.29 is 4.74 Å². The van der Waals surface area contributed by atoms with E-state index in [1.807, 2.05) is 6.07 Å². The van der Waals surface area contributed by atoms with Gasteiger partial charge in [0.2, 0.25) is 0 Å². The molecule has 0 bridgehead atoms. The third-order valence-corrected chi connectivity index (χ3v) is 3.79. The van der Waals surface area contributed by atoms with E-state index in [1.54, 1.807) is 18.4 Å². The Kier molecular flexibility index (Phi) is 5.12. The maximum absolute atomic E-state index is 5.15. The molecule has 0 aliphatic rings. The minimum Gasteiger partial charge on any atom is -0.487 e. The molecule has 1 N–H and O–H groups in total. The standard InChI is InChI=1S/C12H21NOS/c1-9(2)10(3)7-13-8-11-5-6-12(14-4)15-11/h5-6,9-10,13H,7-8H2,1-4H3. The van der Waals surface area contributed by atoms with Crippen LogP contribution in [0, 0.1) is 11.8 Å². The average molecular weight is 227 g/mol. The van der Waals surface area contributed by atoms with Gasteiger partial charge in [0.05, 0.1) is 7.11 Å². The van der Waals surface area contributed by atoms with Crippen LogP contribution in [-0.2, 0) is 6.54 Å². The zero-order valence-corrected chi connectivity index (χ0v) is 10.9. The molecule has 0 radical (unpaired) electrons. The highest BCUT2D eigenvalue weighted by atomic mass is 32.1. The van der Waals surface area contributed by atoms with E-state index in [9.17, 15) is 0 Å². The summed E-state index contributed by atoms with van der Waals surface area (Å²) in [6.45, 7) is 8.84. The first kappa shape index (κ1) is 12.5. The summed E-state index contributed by atoms with van der Waals surface area (Å²) in [4.78, 5) is 1.34. The molecule has 0 aliphatic carbocycles. The third-order valence-electron chi connectivity index (χ3n) is 2.74. The molecule has 1 atom stereocenters. The monoisotopic (exact) mass is 227 g/mol. The highest BCUT2D eigenvalue weighted by Crippen LogP contribution is 2.23. The van der Waals surface area contributed by atoms with Gasteiger partial charge in [-0.05, 0) is 30.5 Å². The molecular weight excluding hydrogens is 206 g/mol. The van der Waals surface area contributed by atoms with Gasteiger partial charge in [0.15, 0.2) is 5.06 Å². The molecule has 1 aromatic rings. The molecule has 0 aliphatic heterocycles. The second-order valence-corrected chi connectivity index (χ2v) is 5.41. The highest BCUT2D eigenvalue weighted by molar-refractivity contribution is 7.13. The molecule has 0 amide bonds. The number of nitrogens with one attached hydrogen (secondary N) is 1. The SMILES string of the molecule is COc1ccc(CNCC(C)C(C)C)s1. The Balaban J connectivity index is 2.25. The van der Waals surface area contributed by atoms with Crippen molar-refractivity contribution in [1.82, 2.24) is 5.32 Å². The Hall–Kier alpha value is -0.540. The molecule has 0 saturated heterocycles. The summed E-state index contributed by atoms with van der Waals surface area (Å²) in [6.07, 6.45) is 0. The van der Waals surface area contributed by atoms with Gasteiger partial charge in [0, 0.05) is 11.4 Å². The van der Waals surface area contributed by atoms with E-state index in [0.29, 0.717) is 0 Å². The van der Waals surface area contributed by atoms with Crippen LogP contribution in [0.25, 0.3) is 0 Å². The van der Waals surface area contributed by atoms with Crippen LogP contribution < -0.4 is 10.1 Å². The summed E-state index contributed by atoms with van der Waals surface area (Å²) in [6, 6.07) is 4.14. The Bertz CT molecular complexity index is 283. The molecule has 86 valence electrons. The van der Waals surface area contributed by atoms with Crippen molar-refractivity contribution in [2.24, 2.45) is 11.8 Å². The summed E-state index contributed by atoms with van der Waals surface area (Å²) in [5.41, 5.74) is 0. The molecule has 0 saturated carbocycles. The minimum absolute atomic E-state index is 0.729. The molecule has 1 aromatic heterocycles. The van der Waals surface area contributed by atoms with E-state index >= 15 is 0 Å². The second-order valence-electron chi connectivity index (χ2n) is 4.28. The van der Waals surface area contributed by atoms with Crippen LogP contribution in [0.4, 0.5) is 0 Å². The van der Waals surface area contributed by atoms with Crippen molar-refractivity contribution in [2.45, 2.75) is 27.3 Å². The Morgan fingerprint density at radius 2 is 2.07 bits per heavy atom. The maximum atomic E-state index is 5.15. The summed E-state index contributed by atoms with van der Waals surface area (Å²) in [7, 11) is 1.71. The number of hydrogen-bond acceptors (Lipinski definition) is 3. The van der Waals surface area contributed by atoms with Crippen molar-refractivity contribution in [2.75, 3.05) is 13.7 Å². The molecule has 0 fully saturated rings. The van der Waals surface area contributed by atoms with Gasteiger partial charge in [-0.15, -0.1) is 11.3 Å². The van der Waals surface area contributed by atoms with Crippen molar-refractivity contribution >= 4 is 11.3 Å². The van der Waals surface area contributed by atoms with Gasteiger partial charge < -0.3 is 10.1 Å². The molecule has 1 rings (SSSR count). The van der Waals surface area contributed by atoms with Crippen LogP contribution in [0.3, 0.4) is 0 Å². The summed E-state index contributed by atoms with van der Waals surface area (Å²) in [5, 5.41) is 4.46. The first-order valence-electron chi connectivity index (χ1n) is 5.47. The van der Waals surface area contributed by atoms with Crippen LogP contribution in [-0.4, -0.2) is 13.7 Å². The first-order valence-corrected chi connectivity index (χ1v) is 6.28. The molecule has 15 heavy (non-hydrogen) atoms. The summed E-state index contributed by atoms with van der Waals surface area (Å²) in [5.74, 6) is 1.47. The van der Waals surface area contributed by atoms with Gasteiger partial charge in [-0.25, -0.2) is 0 Å². The molecule has 3 heteroatoms. The number of hydrogen-bond donors (Lipinski definition) is 1. The van der Waals surface area contributed by atoms with E-state index in [2.05, 4.69) is 32.2 Å². The molecule has 0 spiro atoms. The molecular formula is C12H21NOS. The van der Waals surface area contributed by atoms with Gasteiger partial charge in [-0.1, -0.05) is 20.8 Å². The molecule has 2 nitrogen and oxygen atoms in total. The lowest BCUT2D eigenvalue weighted by Gasteiger charge is -2.15. The van der Waals surface area contributed by atoms with E-state index in [0.717, 1.165) is 30.0 Å². The maximum Gasteiger partial charge on any atom is 0.173 e. The lowest BCUT2D eigenvalue weighted by Crippen LogP contribution is -2.23. The van der Waals surface area contributed by atoms with Crippen LogP contribution >= 0.6 is 11.3 Å². The predicted octanol–water partition coefficient (Wildman–Crippen LogP) is 3.14. The normalized spacial score (nSPS) is 13.1. The van der Waals surface area contributed by atoms with Crippen LogP contribution in [0.5, 0.6) is 5.06 Å². The fourth-order valence-electron chi connectivity index (χ4n) is 1.22. The molecule has 1 unspecified atom stereocenters. The largest absolute Gasteiger partial charge is 0.487 e. The van der Waals surface area contributed by atoms with Crippen LogP contribution in [0.2, 0.25) is 0 Å². The number of ether oxygens (including phenoxy) is 1. The van der Waals surface area contributed by atoms with Gasteiger partial charge >= 0.3 is 0 Å². The van der Waals surface area contributed by atoms with Crippen molar-refractivity contribution in [1.29, 1.82) is 0 Å². The van der Waals surface area contributed by atoms with E-state index in [1.165, 1.54) is 4.88 Å².